The zero-order valence-corrected chi connectivity index (χ0v) is 15.0. The summed E-state index contributed by atoms with van der Waals surface area (Å²) >= 11 is 0. The Hall–Kier alpha value is -2.45. The first-order chi connectivity index (χ1) is 13.0. The normalized spacial score (nSPS) is 21.1. The molecule has 1 aromatic heterocycles. The van der Waals surface area contributed by atoms with Gasteiger partial charge < -0.3 is 5.32 Å². The van der Waals surface area contributed by atoms with Crippen molar-refractivity contribution in [3.05, 3.63) is 35.8 Å². The third-order valence-corrected chi connectivity index (χ3v) is 5.39. The quantitative estimate of drug-likeness (QED) is 0.756. The van der Waals surface area contributed by atoms with Crippen LogP contribution in [0.1, 0.15) is 37.3 Å². The molecule has 0 spiro atoms. The number of halogens is 5. The van der Waals surface area contributed by atoms with E-state index >= 15 is 0 Å². The minimum atomic E-state index is -2.84. The fraction of sp³-hybridized carbons (Fsp3) is 0.474. The van der Waals surface area contributed by atoms with Crippen molar-refractivity contribution >= 4 is 11.7 Å². The highest BCUT2D eigenvalue weighted by molar-refractivity contribution is 5.97. The lowest BCUT2D eigenvalue weighted by molar-refractivity contribution is -0.145. The molecule has 0 saturated heterocycles. The van der Waals surface area contributed by atoms with E-state index in [1.54, 1.807) is 7.05 Å². The van der Waals surface area contributed by atoms with Crippen LogP contribution in [0.2, 0.25) is 0 Å². The SMILES string of the molecule is Cn1nc(C2CC(F)(F)C2)c(-c2ccc(F)cc2)c1NC(=O)C1CC(F)(F)C1. The predicted octanol–water partition coefficient (Wildman–Crippen LogP) is 4.72. The number of nitrogens with zero attached hydrogens (tertiary/aromatic N) is 2. The van der Waals surface area contributed by atoms with Crippen LogP contribution >= 0.6 is 0 Å². The summed E-state index contributed by atoms with van der Waals surface area (Å²) in [6, 6.07) is 5.39. The molecule has 0 radical (unpaired) electrons. The topological polar surface area (TPSA) is 46.9 Å². The average Bonchev–Trinajstić information content (AvgIpc) is 2.87. The van der Waals surface area contributed by atoms with Gasteiger partial charge in [0.05, 0.1) is 5.69 Å². The van der Waals surface area contributed by atoms with Gasteiger partial charge in [-0.25, -0.2) is 22.0 Å². The number of rotatable bonds is 4. The standard InChI is InChI=1S/C19H18F5N3O/c1-27-16(25-17(28)12-8-19(23,24)9-12)14(10-2-4-13(20)5-3-10)15(26-27)11-6-18(21,22)7-11/h2-5,11-12H,6-9H2,1H3,(H,25,28). The van der Waals surface area contributed by atoms with Crippen molar-refractivity contribution in [3.63, 3.8) is 0 Å². The lowest BCUT2D eigenvalue weighted by atomic mass is 9.77. The largest absolute Gasteiger partial charge is 0.310 e. The van der Waals surface area contributed by atoms with E-state index in [1.807, 2.05) is 0 Å². The molecule has 0 bridgehead atoms. The van der Waals surface area contributed by atoms with E-state index in [1.165, 1.54) is 28.9 Å². The number of aryl methyl sites for hydroxylation is 1. The van der Waals surface area contributed by atoms with Crippen LogP contribution in [0.25, 0.3) is 11.1 Å². The first-order valence-corrected chi connectivity index (χ1v) is 8.94. The van der Waals surface area contributed by atoms with Crippen molar-refractivity contribution in [1.82, 2.24) is 9.78 Å². The van der Waals surface area contributed by atoms with Gasteiger partial charge in [-0.05, 0) is 17.7 Å². The maximum Gasteiger partial charge on any atom is 0.249 e. The molecule has 2 aliphatic carbocycles. The third-order valence-electron chi connectivity index (χ3n) is 5.39. The number of nitrogens with one attached hydrogen (secondary N) is 1. The summed E-state index contributed by atoms with van der Waals surface area (Å²) in [7, 11) is 1.54. The molecule has 0 aliphatic heterocycles. The molecule has 0 unspecified atom stereocenters. The van der Waals surface area contributed by atoms with E-state index in [4.69, 9.17) is 0 Å². The summed E-state index contributed by atoms with van der Waals surface area (Å²) in [6.45, 7) is 0. The van der Waals surface area contributed by atoms with E-state index in [0.29, 0.717) is 16.8 Å². The summed E-state index contributed by atoms with van der Waals surface area (Å²) in [5, 5.41) is 6.93. The number of hydrogen-bond acceptors (Lipinski definition) is 2. The Balaban J connectivity index is 1.68. The summed E-state index contributed by atoms with van der Waals surface area (Å²) in [6.07, 6.45) is -1.77. The molecule has 2 saturated carbocycles. The average molecular weight is 399 g/mol. The number of alkyl halides is 4. The Morgan fingerprint density at radius 2 is 1.64 bits per heavy atom. The minimum Gasteiger partial charge on any atom is -0.310 e. The number of benzene rings is 1. The number of carbonyl (C=O) groups is 1. The molecular weight excluding hydrogens is 381 g/mol. The van der Waals surface area contributed by atoms with Gasteiger partial charge in [0.2, 0.25) is 17.8 Å². The second-order valence-electron chi connectivity index (χ2n) is 7.65. The van der Waals surface area contributed by atoms with Crippen molar-refractivity contribution in [3.8, 4) is 11.1 Å². The van der Waals surface area contributed by atoms with Crippen LogP contribution in [0, 0.1) is 11.7 Å². The molecule has 28 heavy (non-hydrogen) atoms. The Kier molecular flexibility index (Phi) is 4.24. The summed E-state index contributed by atoms with van der Waals surface area (Å²) in [5.41, 5.74) is 1.31. The number of aromatic nitrogens is 2. The van der Waals surface area contributed by atoms with E-state index in [0.717, 1.165) is 0 Å². The monoisotopic (exact) mass is 399 g/mol. The van der Waals surface area contributed by atoms with Gasteiger partial charge in [-0.2, -0.15) is 5.10 Å². The molecule has 150 valence electrons. The van der Waals surface area contributed by atoms with Crippen LogP contribution < -0.4 is 5.32 Å². The second kappa shape index (κ2) is 6.28. The molecule has 1 amide bonds. The molecule has 4 nitrogen and oxygen atoms in total. The van der Waals surface area contributed by atoms with Crippen LogP contribution in [0.15, 0.2) is 24.3 Å². The van der Waals surface area contributed by atoms with Gasteiger partial charge in [0.15, 0.2) is 0 Å². The molecule has 1 heterocycles. The van der Waals surface area contributed by atoms with Crippen LogP contribution in [0.5, 0.6) is 0 Å². The van der Waals surface area contributed by atoms with Crippen LogP contribution in [-0.4, -0.2) is 27.5 Å². The zero-order valence-electron chi connectivity index (χ0n) is 15.0. The summed E-state index contributed by atoms with van der Waals surface area (Å²) in [5.74, 6) is -7.71. The number of anilines is 1. The van der Waals surface area contributed by atoms with Crippen LogP contribution in [-0.2, 0) is 11.8 Å². The number of hydrogen-bond donors (Lipinski definition) is 1. The van der Waals surface area contributed by atoms with Gasteiger partial charge in [-0.1, -0.05) is 12.1 Å². The first-order valence-electron chi connectivity index (χ1n) is 8.94. The highest BCUT2D eigenvalue weighted by Crippen LogP contribution is 2.51. The lowest BCUT2D eigenvalue weighted by Gasteiger charge is -2.34. The zero-order chi connectivity index (χ0) is 20.3. The van der Waals surface area contributed by atoms with Gasteiger partial charge in [0, 0.05) is 50.1 Å². The van der Waals surface area contributed by atoms with Crippen molar-refractivity contribution in [2.75, 3.05) is 5.32 Å². The molecule has 1 aromatic carbocycles. The van der Waals surface area contributed by atoms with Gasteiger partial charge in [-0.3, -0.25) is 9.48 Å². The van der Waals surface area contributed by atoms with Gasteiger partial charge in [-0.15, -0.1) is 0 Å². The molecule has 2 fully saturated rings. The van der Waals surface area contributed by atoms with Crippen molar-refractivity contribution in [2.24, 2.45) is 13.0 Å². The predicted molar refractivity (Wildman–Crippen MR) is 91.8 cm³/mol. The smallest absolute Gasteiger partial charge is 0.249 e. The highest BCUT2D eigenvalue weighted by Gasteiger charge is 2.50. The van der Waals surface area contributed by atoms with Gasteiger partial charge >= 0.3 is 0 Å². The van der Waals surface area contributed by atoms with Gasteiger partial charge in [0.25, 0.3) is 0 Å². The molecular formula is C19H18F5N3O. The van der Waals surface area contributed by atoms with E-state index in [-0.39, 0.29) is 18.7 Å². The first kappa shape index (κ1) is 18.9. The maximum atomic E-state index is 13.4. The van der Waals surface area contributed by atoms with E-state index < -0.39 is 48.2 Å². The molecule has 9 heteroatoms. The van der Waals surface area contributed by atoms with E-state index in [2.05, 4.69) is 10.4 Å². The second-order valence-corrected chi connectivity index (χ2v) is 7.65. The van der Waals surface area contributed by atoms with Crippen molar-refractivity contribution in [2.45, 2.75) is 43.4 Å². The number of amides is 1. The fourth-order valence-corrected chi connectivity index (χ4v) is 3.79. The Morgan fingerprint density at radius 1 is 1.07 bits per heavy atom. The number of carbonyl (C=O) groups excluding carboxylic acids is 1. The lowest BCUT2D eigenvalue weighted by Crippen LogP contribution is -2.42. The Labute approximate surface area is 157 Å². The highest BCUT2D eigenvalue weighted by atomic mass is 19.3. The van der Waals surface area contributed by atoms with E-state index in [9.17, 15) is 26.7 Å². The molecule has 4 rings (SSSR count). The Bertz CT molecular complexity index is 906. The van der Waals surface area contributed by atoms with Crippen molar-refractivity contribution in [1.29, 1.82) is 0 Å². The maximum absolute atomic E-state index is 13.4. The minimum absolute atomic E-state index is 0.233. The molecule has 2 aromatic rings. The summed E-state index contributed by atoms with van der Waals surface area (Å²) in [4.78, 5) is 12.4. The Morgan fingerprint density at radius 3 is 2.18 bits per heavy atom. The summed E-state index contributed by atoms with van der Waals surface area (Å²) < 4.78 is 67.6. The van der Waals surface area contributed by atoms with Gasteiger partial charge in [0.1, 0.15) is 11.6 Å². The third kappa shape index (κ3) is 3.38. The molecule has 0 atom stereocenters. The molecule has 2 aliphatic rings. The fourth-order valence-electron chi connectivity index (χ4n) is 3.79. The molecule has 1 N–H and O–H groups in total. The van der Waals surface area contributed by atoms with Crippen LogP contribution in [0.3, 0.4) is 0 Å². The van der Waals surface area contributed by atoms with Crippen molar-refractivity contribution < 1.29 is 26.7 Å². The van der Waals surface area contributed by atoms with Crippen LogP contribution in [0.4, 0.5) is 27.8 Å².